The highest BCUT2D eigenvalue weighted by atomic mass is 35.5. The molecule has 2 aromatic carbocycles. The number of nitrogens with one attached hydrogen (secondary N) is 1. The minimum Gasteiger partial charge on any atom is -0.401 e. The summed E-state index contributed by atoms with van der Waals surface area (Å²) in [6.45, 7) is 1.72. The second kappa shape index (κ2) is 9.40. The molecule has 0 saturated carbocycles. The molecule has 1 aliphatic rings. The van der Waals surface area contributed by atoms with Crippen LogP contribution in [0, 0.1) is 10.1 Å². The monoisotopic (exact) mass is 520 g/mol. The fraction of sp³-hybridized carbons (Fsp3) is 0.0800. The van der Waals surface area contributed by atoms with Crippen LogP contribution in [-0.4, -0.2) is 15.4 Å². The largest absolute Gasteiger partial charge is 0.433 e. The maximum atomic E-state index is 13.6. The normalized spacial score (nSPS) is 15.4. The number of allylic oxidation sites excluding steroid dienone is 1. The molecule has 1 amide bonds. The van der Waals surface area contributed by atoms with Crippen molar-refractivity contribution in [2.75, 3.05) is 5.32 Å². The molecule has 11 heteroatoms. The van der Waals surface area contributed by atoms with Gasteiger partial charge in [0.15, 0.2) is 4.80 Å². The first-order chi connectivity index (χ1) is 17.3. The Hall–Kier alpha value is -4.28. The van der Waals surface area contributed by atoms with Crippen molar-refractivity contribution in [1.29, 1.82) is 0 Å². The number of carbonyl (C=O) groups is 1. The first-order valence-corrected chi connectivity index (χ1v) is 11.9. The van der Waals surface area contributed by atoms with Crippen molar-refractivity contribution < 1.29 is 14.1 Å². The smallest absolute Gasteiger partial charge is 0.401 e. The van der Waals surface area contributed by atoms with Crippen LogP contribution in [-0.2, 0) is 4.79 Å². The lowest BCUT2D eigenvalue weighted by Gasteiger charge is -2.25. The van der Waals surface area contributed by atoms with E-state index in [0.717, 1.165) is 11.3 Å². The molecule has 1 N–H and O–H groups in total. The number of aromatic nitrogens is 1. The summed E-state index contributed by atoms with van der Waals surface area (Å²) in [5.41, 5.74) is 1.65. The van der Waals surface area contributed by atoms with Crippen LogP contribution < -0.4 is 20.2 Å². The van der Waals surface area contributed by atoms with Crippen molar-refractivity contribution in [2.24, 2.45) is 4.99 Å². The third-order valence-corrected chi connectivity index (χ3v) is 6.78. The van der Waals surface area contributed by atoms with E-state index in [9.17, 15) is 19.7 Å². The van der Waals surface area contributed by atoms with Gasteiger partial charge in [0.25, 0.3) is 11.5 Å². The van der Waals surface area contributed by atoms with Crippen molar-refractivity contribution >= 4 is 46.5 Å². The Kier molecular flexibility index (Phi) is 6.13. The van der Waals surface area contributed by atoms with Gasteiger partial charge in [-0.15, -0.1) is 0 Å². The number of halogens is 1. The minimum atomic E-state index is -0.768. The molecule has 0 radical (unpaired) electrons. The number of fused-ring (bicyclic) bond motifs is 1. The highest BCUT2D eigenvalue weighted by Crippen LogP contribution is 2.31. The van der Waals surface area contributed by atoms with E-state index >= 15 is 0 Å². The number of nitrogens with zero attached hydrogens (tertiary/aromatic N) is 3. The zero-order valence-electron chi connectivity index (χ0n) is 18.7. The topological polar surface area (TPSA) is 120 Å². The fourth-order valence-electron chi connectivity index (χ4n) is 3.94. The van der Waals surface area contributed by atoms with E-state index in [1.807, 2.05) is 6.07 Å². The average molecular weight is 521 g/mol. The number of nitro groups is 1. The Bertz CT molecular complexity index is 1700. The number of hydrogen-bond acceptors (Lipinski definition) is 7. The van der Waals surface area contributed by atoms with E-state index in [4.69, 9.17) is 16.0 Å². The molecule has 0 saturated heterocycles. The van der Waals surface area contributed by atoms with Gasteiger partial charge in [-0.2, -0.15) is 0 Å². The molecule has 1 atom stereocenters. The lowest BCUT2D eigenvalue weighted by atomic mass is 9.95. The van der Waals surface area contributed by atoms with Crippen molar-refractivity contribution in [3.8, 4) is 0 Å². The highest BCUT2D eigenvalue weighted by molar-refractivity contribution is 7.07. The summed E-state index contributed by atoms with van der Waals surface area (Å²) in [4.78, 5) is 42.3. The van der Waals surface area contributed by atoms with Crippen molar-refractivity contribution in [3.63, 3.8) is 0 Å². The van der Waals surface area contributed by atoms with Crippen molar-refractivity contribution in [1.82, 2.24) is 4.57 Å². The van der Waals surface area contributed by atoms with Gasteiger partial charge in [-0.1, -0.05) is 53.3 Å². The standard InChI is InChI=1S/C25H17ClN4O5S/c1-14-21(23(31)28-17-5-3-2-4-6-17)22(15-7-9-16(26)10-8-15)29-24(32)19(36-25(29)27-14)13-18-11-12-20(35-18)30(33)34/h2-13,22H,1H3,(H,28,31)/b19-13+. The molecule has 0 fully saturated rings. The number of thiazole rings is 1. The van der Waals surface area contributed by atoms with Gasteiger partial charge in [0, 0.05) is 16.8 Å². The van der Waals surface area contributed by atoms with Crippen LogP contribution in [0.15, 0.2) is 92.2 Å². The Balaban J connectivity index is 1.66. The van der Waals surface area contributed by atoms with Gasteiger partial charge in [0.2, 0.25) is 0 Å². The molecule has 36 heavy (non-hydrogen) atoms. The summed E-state index contributed by atoms with van der Waals surface area (Å²) in [6, 6.07) is 17.8. The van der Waals surface area contributed by atoms with Crippen LogP contribution in [0.4, 0.5) is 11.6 Å². The molecule has 0 bridgehead atoms. The third kappa shape index (κ3) is 4.39. The predicted octanol–water partition coefficient (Wildman–Crippen LogP) is 4.03. The van der Waals surface area contributed by atoms with Crippen molar-refractivity contribution in [2.45, 2.75) is 13.0 Å². The second-order valence-electron chi connectivity index (χ2n) is 7.89. The molecule has 9 nitrogen and oxygen atoms in total. The zero-order valence-corrected chi connectivity index (χ0v) is 20.2. The molecular formula is C25H17ClN4O5S. The molecule has 180 valence electrons. The summed E-state index contributed by atoms with van der Waals surface area (Å²) in [6.07, 6.45) is 1.43. The lowest BCUT2D eigenvalue weighted by molar-refractivity contribution is -0.402. The predicted molar refractivity (Wildman–Crippen MR) is 136 cm³/mol. The van der Waals surface area contributed by atoms with Crippen LogP contribution in [0.2, 0.25) is 5.02 Å². The molecular weight excluding hydrogens is 504 g/mol. The van der Waals surface area contributed by atoms with Gasteiger partial charge in [-0.3, -0.25) is 24.3 Å². The molecule has 3 heterocycles. The summed E-state index contributed by atoms with van der Waals surface area (Å²) >= 11 is 7.20. The van der Waals surface area contributed by atoms with E-state index in [0.29, 0.717) is 32.3 Å². The summed E-state index contributed by atoms with van der Waals surface area (Å²) in [5, 5.41) is 14.3. The first-order valence-electron chi connectivity index (χ1n) is 10.7. The number of amides is 1. The fourth-order valence-corrected chi connectivity index (χ4v) is 5.09. The number of para-hydroxylation sites is 1. The average Bonchev–Trinajstić information content (AvgIpc) is 3.44. The zero-order chi connectivity index (χ0) is 25.4. The van der Waals surface area contributed by atoms with E-state index in [1.54, 1.807) is 55.5 Å². The maximum absolute atomic E-state index is 13.6. The Morgan fingerprint density at radius 1 is 1.17 bits per heavy atom. The third-order valence-electron chi connectivity index (χ3n) is 5.55. The minimum absolute atomic E-state index is 0.160. The van der Waals surface area contributed by atoms with E-state index < -0.39 is 28.3 Å². The Morgan fingerprint density at radius 2 is 1.89 bits per heavy atom. The van der Waals surface area contributed by atoms with E-state index in [1.165, 1.54) is 22.8 Å². The van der Waals surface area contributed by atoms with Gasteiger partial charge in [-0.05, 0) is 42.8 Å². The molecule has 1 unspecified atom stereocenters. The summed E-state index contributed by atoms with van der Waals surface area (Å²) in [7, 11) is 0. The Labute approximate surface area is 212 Å². The first kappa shape index (κ1) is 23.5. The number of rotatable bonds is 5. The molecule has 5 rings (SSSR count). The number of carbonyl (C=O) groups excluding carboxylic acids is 1. The van der Waals surface area contributed by atoms with Crippen LogP contribution in [0.3, 0.4) is 0 Å². The molecule has 2 aromatic heterocycles. The maximum Gasteiger partial charge on any atom is 0.433 e. The van der Waals surface area contributed by atoms with Gasteiger partial charge in [0.1, 0.15) is 10.7 Å². The number of anilines is 1. The summed E-state index contributed by atoms with van der Waals surface area (Å²) in [5.74, 6) is -0.658. The molecule has 1 aliphatic heterocycles. The lowest BCUT2D eigenvalue weighted by Crippen LogP contribution is -2.40. The number of furan rings is 1. The number of hydrogen-bond donors (Lipinski definition) is 1. The summed E-state index contributed by atoms with van der Waals surface area (Å²) < 4.78 is 6.90. The van der Waals surface area contributed by atoms with Gasteiger partial charge >= 0.3 is 5.88 Å². The molecule has 4 aromatic rings. The molecule has 0 aliphatic carbocycles. The van der Waals surface area contributed by atoms with E-state index in [-0.39, 0.29) is 10.3 Å². The second-order valence-corrected chi connectivity index (χ2v) is 9.33. The van der Waals surface area contributed by atoms with Gasteiger partial charge in [0.05, 0.1) is 27.9 Å². The number of benzene rings is 2. The van der Waals surface area contributed by atoms with Crippen LogP contribution >= 0.6 is 22.9 Å². The van der Waals surface area contributed by atoms with Crippen LogP contribution in [0.5, 0.6) is 0 Å². The van der Waals surface area contributed by atoms with Crippen LogP contribution in [0.1, 0.15) is 24.3 Å². The van der Waals surface area contributed by atoms with Gasteiger partial charge < -0.3 is 9.73 Å². The quantitative estimate of drug-likeness (QED) is 0.315. The van der Waals surface area contributed by atoms with Gasteiger partial charge in [-0.25, -0.2) is 4.99 Å². The van der Waals surface area contributed by atoms with E-state index in [2.05, 4.69) is 10.3 Å². The SMILES string of the molecule is CC1=C(C(=O)Nc2ccccc2)C(c2ccc(Cl)cc2)n2c(s/c(=C/c3ccc([N+](=O)[O-])o3)c2=O)=N1. The highest BCUT2D eigenvalue weighted by Gasteiger charge is 2.32. The Morgan fingerprint density at radius 3 is 2.56 bits per heavy atom. The molecule has 0 spiro atoms. The van der Waals surface area contributed by atoms with Crippen molar-refractivity contribution in [3.05, 3.63) is 124 Å². The van der Waals surface area contributed by atoms with Crippen LogP contribution in [0.25, 0.3) is 6.08 Å².